The highest BCUT2D eigenvalue weighted by Gasteiger charge is 2.26. The maximum atomic E-state index is 10.9. The third kappa shape index (κ3) is 5.39. The van der Waals surface area contributed by atoms with Crippen molar-refractivity contribution in [1.82, 2.24) is 4.98 Å². The number of hydrogen-bond donors (Lipinski definition) is 1. The monoisotopic (exact) mass is 433 g/mol. The molecule has 1 atom stereocenters. The standard InChI is InChI=1S/C28H35NOS/c1-17(2)27-24(16-31-23-14-10-20(6)11-15-23)26(22-12-8-19(5)9-13-22)25(21(7)30)28(29-27)18(3)4/h8-15,17-18,21,30H,16H2,1-7H3. The van der Waals surface area contributed by atoms with Crippen molar-refractivity contribution >= 4 is 11.8 Å². The number of nitrogens with zero attached hydrogens (tertiary/aromatic N) is 1. The largest absolute Gasteiger partial charge is 0.389 e. The second kappa shape index (κ2) is 10.0. The Bertz CT molecular complexity index is 1020. The Balaban J connectivity index is 2.25. The van der Waals surface area contributed by atoms with Gasteiger partial charge in [-0.25, -0.2) is 0 Å². The van der Waals surface area contributed by atoms with Crippen LogP contribution in [0.5, 0.6) is 0 Å². The first kappa shape index (κ1) is 23.6. The Hall–Kier alpha value is -2.10. The van der Waals surface area contributed by atoms with E-state index in [9.17, 15) is 5.11 Å². The number of thioether (sulfide) groups is 1. The molecule has 3 aromatic rings. The van der Waals surface area contributed by atoms with Crippen molar-refractivity contribution in [2.75, 3.05) is 0 Å². The minimum absolute atomic E-state index is 0.241. The summed E-state index contributed by atoms with van der Waals surface area (Å²) in [4.78, 5) is 6.40. The topological polar surface area (TPSA) is 33.1 Å². The summed E-state index contributed by atoms with van der Waals surface area (Å²) in [5.41, 5.74) is 9.20. The number of hydrogen-bond acceptors (Lipinski definition) is 3. The van der Waals surface area contributed by atoms with Gasteiger partial charge in [0.2, 0.25) is 0 Å². The van der Waals surface area contributed by atoms with Gasteiger partial charge in [-0.15, -0.1) is 11.8 Å². The molecule has 0 aliphatic carbocycles. The van der Waals surface area contributed by atoms with E-state index in [0.29, 0.717) is 5.92 Å². The summed E-state index contributed by atoms with van der Waals surface area (Å²) in [6.45, 7) is 14.9. The van der Waals surface area contributed by atoms with Crippen molar-refractivity contribution in [1.29, 1.82) is 0 Å². The van der Waals surface area contributed by atoms with E-state index in [4.69, 9.17) is 4.98 Å². The number of pyridine rings is 1. The van der Waals surface area contributed by atoms with Gasteiger partial charge in [-0.2, -0.15) is 0 Å². The van der Waals surface area contributed by atoms with Crippen molar-refractivity contribution in [3.63, 3.8) is 0 Å². The number of aliphatic hydroxyl groups excluding tert-OH is 1. The zero-order valence-corrected chi connectivity index (χ0v) is 20.7. The summed E-state index contributed by atoms with van der Waals surface area (Å²) < 4.78 is 0. The average Bonchev–Trinajstić information content (AvgIpc) is 2.72. The van der Waals surface area contributed by atoms with Crippen LogP contribution >= 0.6 is 11.8 Å². The summed E-state index contributed by atoms with van der Waals surface area (Å²) >= 11 is 1.84. The van der Waals surface area contributed by atoms with Crippen LogP contribution in [0.15, 0.2) is 53.4 Å². The zero-order chi connectivity index (χ0) is 22.7. The molecule has 164 valence electrons. The molecule has 0 amide bonds. The molecule has 0 fully saturated rings. The van der Waals surface area contributed by atoms with E-state index >= 15 is 0 Å². The van der Waals surface area contributed by atoms with Crippen LogP contribution in [0.2, 0.25) is 0 Å². The first-order chi connectivity index (χ1) is 14.7. The summed E-state index contributed by atoms with van der Waals surface area (Å²) in [6.07, 6.45) is -0.578. The van der Waals surface area contributed by atoms with E-state index in [1.807, 2.05) is 18.7 Å². The molecule has 0 bridgehead atoms. The molecule has 1 aromatic heterocycles. The van der Waals surface area contributed by atoms with Crippen LogP contribution in [0.25, 0.3) is 11.1 Å². The smallest absolute Gasteiger partial charge is 0.0785 e. The van der Waals surface area contributed by atoms with Crippen molar-refractivity contribution < 1.29 is 5.11 Å². The molecule has 0 spiro atoms. The number of rotatable bonds is 7. The molecule has 0 saturated heterocycles. The summed E-state index contributed by atoms with van der Waals surface area (Å²) in [7, 11) is 0. The van der Waals surface area contributed by atoms with E-state index in [1.165, 1.54) is 21.6 Å². The van der Waals surface area contributed by atoms with E-state index in [-0.39, 0.29) is 5.92 Å². The van der Waals surface area contributed by atoms with E-state index in [1.54, 1.807) is 0 Å². The van der Waals surface area contributed by atoms with Gasteiger partial charge < -0.3 is 5.11 Å². The highest BCUT2D eigenvalue weighted by Crippen LogP contribution is 2.41. The quantitative estimate of drug-likeness (QED) is 0.384. The van der Waals surface area contributed by atoms with Crippen molar-refractivity contribution in [3.05, 3.63) is 82.2 Å². The molecule has 0 aliphatic heterocycles. The van der Waals surface area contributed by atoms with Gasteiger partial charge in [0.1, 0.15) is 0 Å². The second-order valence-corrected chi connectivity index (χ2v) is 10.2. The SMILES string of the molecule is Cc1ccc(SCc2c(C(C)C)nc(C(C)C)c(C(C)O)c2-c2ccc(C)cc2)cc1. The maximum Gasteiger partial charge on any atom is 0.0785 e. The average molecular weight is 434 g/mol. The fraction of sp³-hybridized carbons (Fsp3) is 0.393. The van der Waals surface area contributed by atoms with Crippen molar-refractivity contribution in [2.24, 2.45) is 0 Å². The second-order valence-electron chi connectivity index (χ2n) is 9.10. The minimum Gasteiger partial charge on any atom is -0.389 e. The summed E-state index contributed by atoms with van der Waals surface area (Å²) in [5, 5.41) is 10.9. The fourth-order valence-electron chi connectivity index (χ4n) is 4.00. The van der Waals surface area contributed by atoms with Gasteiger partial charge in [0, 0.05) is 27.6 Å². The van der Waals surface area contributed by atoms with Crippen LogP contribution in [0.4, 0.5) is 0 Å². The molecule has 31 heavy (non-hydrogen) atoms. The first-order valence-corrected chi connectivity index (χ1v) is 12.2. The molecule has 0 aliphatic rings. The van der Waals surface area contributed by atoms with Gasteiger partial charge in [0.15, 0.2) is 0 Å². The van der Waals surface area contributed by atoms with Gasteiger partial charge in [0.25, 0.3) is 0 Å². The van der Waals surface area contributed by atoms with Crippen LogP contribution in [-0.2, 0) is 5.75 Å². The van der Waals surface area contributed by atoms with Gasteiger partial charge in [-0.1, -0.05) is 75.2 Å². The predicted molar refractivity (Wildman–Crippen MR) is 134 cm³/mol. The normalized spacial score (nSPS) is 12.6. The van der Waals surface area contributed by atoms with Crippen LogP contribution in [0.3, 0.4) is 0 Å². The molecule has 3 heteroatoms. The summed E-state index contributed by atoms with van der Waals surface area (Å²) in [6, 6.07) is 17.4. The van der Waals surface area contributed by atoms with Gasteiger partial charge in [-0.3, -0.25) is 4.98 Å². The van der Waals surface area contributed by atoms with Crippen LogP contribution in [0.1, 0.15) is 86.2 Å². The minimum atomic E-state index is -0.578. The van der Waals surface area contributed by atoms with Crippen LogP contribution in [-0.4, -0.2) is 10.1 Å². The number of aromatic nitrogens is 1. The lowest BCUT2D eigenvalue weighted by molar-refractivity contribution is 0.197. The van der Waals surface area contributed by atoms with E-state index in [0.717, 1.165) is 33.8 Å². The lowest BCUT2D eigenvalue weighted by Crippen LogP contribution is -2.13. The summed E-state index contributed by atoms with van der Waals surface area (Å²) in [5.74, 6) is 1.37. The first-order valence-electron chi connectivity index (χ1n) is 11.2. The number of aryl methyl sites for hydroxylation is 2. The number of benzene rings is 2. The Morgan fingerprint density at radius 1 is 0.774 bits per heavy atom. The molecule has 0 radical (unpaired) electrons. The fourth-order valence-corrected chi connectivity index (χ4v) is 4.93. The molecule has 2 aromatic carbocycles. The molecular weight excluding hydrogens is 398 g/mol. The van der Waals surface area contributed by atoms with Crippen LogP contribution in [0, 0.1) is 13.8 Å². The molecule has 3 rings (SSSR count). The van der Waals surface area contributed by atoms with Crippen molar-refractivity contribution in [2.45, 2.75) is 77.1 Å². The Morgan fingerprint density at radius 3 is 1.77 bits per heavy atom. The zero-order valence-electron chi connectivity index (χ0n) is 19.9. The van der Waals surface area contributed by atoms with Crippen molar-refractivity contribution in [3.8, 4) is 11.1 Å². The molecule has 2 nitrogen and oxygen atoms in total. The Labute approximate surface area is 192 Å². The van der Waals surface area contributed by atoms with Gasteiger partial charge in [-0.05, 0) is 61.4 Å². The van der Waals surface area contributed by atoms with Crippen LogP contribution < -0.4 is 0 Å². The Morgan fingerprint density at radius 2 is 1.29 bits per heavy atom. The molecule has 0 saturated carbocycles. The molecule has 1 N–H and O–H groups in total. The lowest BCUT2D eigenvalue weighted by atomic mass is 9.85. The van der Waals surface area contributed by atoms with E-state index < -0.39 is 6.10 Å². The Kier molecular flexibility index (Phi) is 7.61. The maximum absolute atomic E-state index is 10.9. The highest BCUT2D eigenvalue weighted by atomic mass is 32.2. The molecule has 1 unspecified atom stereocenters. The highest BCUT2D eigenvalue weighted by molar-refractivity contribution is 7.98. The predicted octanol–water partition coefficient (Wildman–Crippen LogP) is 7.96. The third-order valence-corrected chi connectivity index (χ3v) is 6.69. The number of aliphatic hydroxyl groups is 1. The molecular formula is C28H35NOS. The van der Waals surface area contributed by atoms with Gasteiger partial charge in [0.05, 0.1) is 6.10 Å². The van der Waals surface area contributed by atoms with E-state index in [2.05, 4.69) is 90.1 Å². The molecule has 1 heterocycles. The third-order valence-electron chi connectivity index (χ3n) is 5.65. The lowest BCUT2D eigenvalue weighted by Gasteiger charge is -2.26. The van der Waals surface area contributed by atoms with Gasteiger partial charge >= 0.3 is 0 Å².